The van der Waals surface area contributed by atoms with Crippen LogP contribution in [0.3, 0.4) is 0 Å². The molecular formula is C27H22BrNO3. The van der Waals surface area contributed by atoms with Crippen LogP contribution in [0, 0.1) is 11.8 Å². The van der Waals surface area contributed by atoms with Crippen LogP contribution in [0.5, 0.6) is 5.75 Å². The Morgan fingerprint density at radius 3 is 2.06 bits per heavy atom. The number of benzene rings is 3. The van der Waals surface area contributed by atoms with Crippen molar-refractivity contribution in [2.75, 3.05) is 11.5 Å². The summed E-state index contributed by atoms with van der Waals surface area (Å²) in [4.78, 5) is 29.1. The van der Waals surface area contributed by atoms with E-state index in [0.29, 0.717) is 12.3 Å². The van der Waals surface area contributed by atoms with E-state index in [-0.39, 0.29) is 17.7 Å². The molecule has 3 aliphatic carbocycles. The summed E-state index contributed by atoms with van der Waals surface area (Å²) in [7, 11) is 0. The third kappa shape index (κ3) is 2.43. The van der Waals surface area contributed by atoms with E-state index >= 15 is 0 Å². The van der Waals surface area contributed by atoms with Gasteiger partial charge in [0.2, 0.25) is 11.8 Å². The van der Waals surface area contributed by atoms with Crippen molar-refractivity contribution >= 4 is 33.4 Å². The normalized spacial score (nSPS) is 27.2. The van der Waals surface area contributed by atoms with E-state index in [0.717, 1.165) is 34.4 Å². The number of nitrogens with zero attached hydrogens (tertiary/aromatic N) is 1. The molecule has 0 spiro atoms. The molecule has 1 aliphatic heterocycles. The number of rotatable bonds is 4. The summed E-state index contributed by atoms with van der Waals surface area (Å²) in [6, 6.07) is 23.7. The first kappa shape index (κ1) is 19.7. The fourth-order valence-electron chi connectivity index (χ4n) is 5.85. The lowest BCUT2D eigenvalue weighted by Crippen LogP contribution is -2.50. The van der Waals surface area contributed by atoms with Crippen molar-refractivity contribution in [3.8, 4) is 5.75 Å². The maximum absolute atomic E-state index is 13.9. The second-order valence-corrected chi connectivity index (χ2v) is 9.97. The minimum atomic E-state index is -0.717. The summed E-state index contributed by atoms with van der Waals surface area (Å²) < 4.78 is 4.95. The summed E-state index contributed by atoms with van der Waals surface area (Å²) >= 11 is 4.03. The average Bonchev–Trinajstić information content (AvgIpc) is 3.10. The minimum Gasteiger partial charge on any atom is -0.494 e. The average molecular weight is 488 g/mol. The predicted octanol–water partition coefficient (Wildman–Crippen LogP) is 5.38. The van der Waals surface area contributed by atoms with Crippen molar-refractivity contribution in [3.63, 3.8) is 0 Å². The Morgan fingerprint density at radius 2 is 1.47 bits per heavy atom. The van der Waals surface area contributed by atoms with E-state index in [9.17, 15) is 9.59 Å². The highest BCUT2D eigenvalue weighted by atomic mass is 79.9. The number of halogens is 1. The number of alkyl halides is 1. The maximum Gasteiger partial charge on any atom is 0.239 e. The van der Waals surface area contributed by atoms with Gasteiger partial charge in [-0.2, -0.15) is 0 Å². The molecule has 3 aromatic carbocycles. The Morgan fingerprint density at radius 1 is 0.875 bits per heavy atom. The number of imide groups is 1. The van der Waals surface area contributed by atoms with Gasteiger partial charge in [0, 0.05) is 5.92 Å². The highest BCUT2D eigenvalue weighted by Gasteiger charge is 2.67. The van der Waals surface area contributed by atoms with Crippen LogP contribution in [0.25, 0.3) is 0 Å². The Bertz CT molecular complexity index is 1200. The summed E-state index contributed by atoms with van der Waals surface area (Å²) in [5.41, 5.74) is 5.06. The van der Waals surface area contributed by atoms with Crippen molar-refractivity contribution in [2.45, 2.75) is 23.6 Å². The summed E-state index contributed by atoms with van der Waals surface area (Å²) in [6.45, 7) is 2.69. The van der Waals surface area contributed by atoms with Gasteiger partial charge in [0.1, 0.15) is 5.75 Å². The fourth-order valence-corrected chi connectivity index (χ4v) is 7.05. The van der Waals surface area contributed by atoms with Crippen LogP contribution in [0.4, 0.5) is 5.69 Å². The van der Waals surface area contributed by atoms with Gasteiger partial charge in [-0.3, -0.25) is 9.59 Å². The lowest BCUT2D eigenvalue weighted by molar-refractivity contribution is -0.122. The maximum atomic E-state index is 13.9. The van der Waals surface area contributed by atoms with Crippen molar-refractivity contribution in [2.24, 2.45) is 11.8 Å². The van der Waals surface area contributed by atoms with Crippen LogP contribution in [-0.4, -0.2) is 18.4 Å². The van der Waals surface area contributed by atoms with E-state index in [1.807, 2.05) is 36.4 Å². The fraction of sp³-hybridized carbons (Fsp3) is 0.259. The number of anilines is 1. The Labute approximate surface area is 195 Å². The molecule has 2 amide bonds. The van der Waals surface area contributed by atoms with Gasteiger partial charge in [-0.05, 0) is 52.9 Å². The molecule has 1 saturated heterocycles. The Hall–Kier alpha value is -2.92. The molecule has 2 atom stereocenters. The van der Waals surface area contributed by atoms with Crippen LogP contribution in [0.15, 0.2) is 72.8 Å². The zero-order valence-electron chi connectivity index (χ0n) is 17.6. The molecule has 3 aromatic rings. The van der Waals surface area contributed by atoms with Gasteiger partial charge in [-0.15, -0.1) is 0 Å². The van der Waals surface area contributed by atoms with Crippen LogP contribution in [0.1, 0.15) is 41.5 Å². The van der Waals surface area contributed by atoms with Gasteiger partial charge in [0.15, 0.2) is 0 Å². The van der Waals surface area contributed by atoms with Gasteiger partial charge in [-0.25, -0.2) is 4.90 Å². The molecule has 0 saturated carbocycles. The van der Waals surface area contributed by atoms with Crippen LogP contribution >= 0.6 is 15.9 Å². The third-order valence-electron chi connectivity index (χ3n) is 7.08. The molecule has 0 aromatic heterocycles. The highest BCUT2D eigenvalue weighted by Crippen LogP contribution is 2.66. The van der Waals surface area contributed by atoms with Gasteiger partial charge < -0.3 is 4.74 Å². The SMILES string of the molecule is CCCOc1ccc(N2C(=O)[C@H]3C4c5ccccc5C(Br)(c5ccccc54)[C@H]3C2=O)cc1. The number of carbonyl (C=O) groups is 2. The Kier molecular flexibility index (Phi) is 4.34. The molecule has 5 heteroatoms. The van der Waals surface area contributed by atoms with E-state index in [2.05, 4.69) is 47.1 Å². The van der Waals surface area contributed by atoms with Crippen molar-refractivity contribution in [1.82, 2.24) is 0 Å². The zero-order valence-corrected chi connectivity index (χ0v) is 19.2. The van der Waals surface area contributed by atoms with Gasteiger partial charge in [0.05, 0.1) is 28.5 Å². The molecule has 4 nitrogen and oxygen atoms in total. The van der Waals surface area contributed by atoms with Gasteiger partial charge >= 0.3 is 0 Å². The standard InChI is InChI=1S/C27H22BrNO3/c1-2-15-32-17-13-11-16(12-14-17)29-25(30)23-22-18-7-3-5-9-20(18)27(28,24(23)26(29)31)21-10-6-4-8-19(21)22/h3-14,22-24H,2,15H2,1H3/t22?,23-,24+,27?/m0/s1. The van der Waals surface area contributed by atoms with Gasteiger partial charge in [0.25, 0.3) is 0 Å². The molecule has 2 bridgehead atoms. The quantitative estimate of drug-likeness (QED) is 0.366. The zero-order chi connectivity index (χ0) is 22.0. The number of hydrogen-bond donors (Lipinski definition) is 0. The van der Waals surface area contributed by atoms with E-state index in [1.165, 1.54) is 4.90 Å². The molecule has 0 radical (unpaired) electrons. The van der Waals surface area contributed by atoms with Crippen molar-refractivity contribution in [1.29, 1.82) is 0 Å². The first-order chi connectivity index (χ1) is 15.6. The lowest BCUT2D eigenvalue weighted by atomic mass is 9.55. The molecule has 32 heavy (non-hydrogen) atoms. The molecule has 0 unspecified atom stereocenters. The van der Waals surface area contributed by atoms with Crippen LogP contribution < -0.4 is 9.64 Å². The van der Waals surface area contributed by atoms with Crippen LogP contribution in [-0.2, 0) is 13.9 Å². The molecule has 7 rings (SSSR count). The van der Waals surface area contributed by atoms with Crippen LogP contribution in [0.2, 0.25) is 0 Å². The molecule has 1 heterocycles. The summed E-state index contributed by atoms with van der Waals surface area (Å²) in [5.74, 6) is -0.568. The number of ether oxygens (including phenoxy) is 1. The number of hydrogen-bond acceptors (Lipinski definition) is 3. The van der Waals surface area contributed by atoms with E-state index < -0.39 is 16.2 Å². The predicted molar refractivity (Wildman–Crippen MR) is 126 cm³/mol. The van der Waals surface area contributed by atoms with Crippen molar-refractivity contribution in [3.05, 3.63) is 95.1 Å². The third-order valence-corrected chi connectivity index (χ3v) is 8.43. The molecule has 1 fully saturated rings. The second-order valence-electron chi connectivity index (χ2n) is 8.72. The molecular weight excluding hydrogens is 466 g/mol. The van der Waals surface area contributed by atoms with Gasteiger partial charge in [-0.1, -0.05) is 71.4 Å². The van der Waals surface area contributed by atoms with E-state index in [4.69, 9.17) is 4.74 Å². The molecule has 160 valence electrons. The molecule has 4 aliphatic rings. The monoisotopic (exact) mass is 487 g/mol. The van der Waals surface area contributed by atoms with Crippen molar-refractivity contribution < 1.29 is 14.3 Å². The first-order valence-corrected chi connectivity index (χ1v) is 11.8. The first-order valence-electron chi connectivity index (χ1n) is 11.1. The lowest BCUT2D eigenvalue weighted by Gasteiger charge is -2.51. The summed E-state index contributed by atoms with van der Waals surface area (Å²) in [5, 5.41) is 0. The van der Waals surface area contributed by atoms with E-state index in [1.54, 1.807) is 12.1 Å². The Balaban J connectivity index is 1.48. The minimum absolute atomic E-state index is 0.125. The smallest absolute Gasteiger partial charge is 0.239 e. The topological polar surface area (TPSA) is 46.6 Å². The summed E-state index contributed by atoms with van der Waals surface area (Å²) in [6.07, 6.45) is 0.921. The number of amides is 2. The second kappa shape index (κ2) is 7.04. The largest absolute Gasteiger partial charge is 0.494 e. The molecule has 0 N–H and O–H groups in total. The number of carbonyl (C=O) groups excluding carboxylic acids is 2. The highest BCUT2D eigenvalue weighted by molar-refractivity contribution is 9.09.